The van der Waals surface area contributed by atoms with E-state index in [4.69, 9.17) is 9.47 Å². The van der Waals surface area contributed by atoms with Crippen LogP contribution in [0.15, 0.2) is 9.95 Å². The first-order valence-electron chi connectivity index (χ1n) is 6.10. The molecule has 0 radical (unpaired) electrons. The van der Waals surface area contributed by atoms with Crippen LogP contribution in [0.3, 0.4) is 0 Å². The van der Waals surface area contributed by atoms with Crippen molar-refractivity contribution in [3.8, 4) is 0 Å². The number of methoxy groups -OCH3 is 1. The summed E-state index contributed by atoms with van der Waals surface area (Å²) in [6.07, 6.45) is -0.603. The maximum Gasteiger partial charge on any atom is 0.344 e. The summed E-state index contributed by atoms with van der Waals surface area (Å²) in [5.41, 5.74) is -0.233. The number of aromatic amines is 1. The number of ether oxygens (including phenoxy) is 2. The molecule has 2 N–H and O–H groups in total. The zero-order valence-electron chi connectivity index (χ0n) is 11.5. The predicted octanol–water partition coefficient (Wildman–Crippen LogP) is 0.268. The number of thioether (sulfide) groups is 1. The lowest BCUT2D eigenvalue weighted by Crippen LogP contribution is -2.21. The van der Waals surface area contributed by atoms with Crippen LogP contribution in [0.5, 0.6) is 0 Å². The zero-order valence-corrected chi connectivity index (χ0v) is 12.3. The summed E-state index contributed by atoms with van der Waals surface area (Å²) in [6.45, 7) is 5.02. The van der Waals surface area contributed by atoms with Gasteiger partial charge in [0, 0.05) is 18.9 Å². The number of H-pyrrole nitrogens is 1. The summed E-state index contributed by atoms with van der Waals surface area (Å²) < 4.78 is 11.6. The Bertz CT molecular complexity index is 418. The minimum absolute atomic E-state index is 0.0313. The number of aromatic nitrogens is 3. The molecule has 8 heteroatoms. The molecule has 1 heterocycles. The fourth-order valence-electron chi connectivity index (χ4n) is 1.43. The van der Waals surface area contributed by atoms with Crippen molar-refractivity contribution >= 4 is 11.8 Å². The quantitative estimate of drug-likeness (QED) is 0.501. The van der Waals surface area contributed by atoms with E-state index in [1.165, 1.54) is 11.8 Å². The second kappa shape index (κ2) is 8.36. The number of nitrogens with zero attached hydrogens (tertiary/aromatic N) is 2. The van der Waals surface area contributed by atoms with Gasteiger partial charge in [0.25, 0.3) is 0 Å². The average molecular weight is 291 g/mol. The first kappa shape index (κ1) is 16.2. The Morgan fingerprint density at radius 2 is 2.21 bits per heavy atom. The second-order valence-corrected chi connectivity index (χ2v) is 5.29. The average Bonchev–Trinajstić information content (AvgIpc) is 2.73. The van der Waals surface area contributed by atoms with E-state index >= 15 is 0 Å². The van der Waals surface area contributed by atoms with E-state index in [0.29, 0.717) is 24.1 Å². The van der Waals surface area contributed by atoms with E-state index < -0.39 is 6.10 Å². The lowest BCUT2D eigenvalue weighted by atomic mass is 10.4. The standard InChI is InChI=1S/C11H21N3O4S/c1-8(2)14-10(16)12-13-11(14)19-7-9(15)6-18-5-4-17-3/h8-9,15H,4-7H2,1-3H3,(H,12,16). The Hall–Kier alpha value is -0.830. The Balaban J connectivity index is 2.38. The van der Waals surface area contributed by atoms with Crippen LogP contribution in [-0.4, -0.2) is 58.7 Å². The van der Waals surface area contributed by atoms with E-state index in [1.807, 2.05) is 13.8 Å². The predicted molar refractivity (Wildman–Crippen MR) is 72.7 cm³/mol. The van der Waals surface area contributed by atoms with Crippen LogP contribution >= 0.6 is 11.8 Å². The van der Waals surface area contributed by atoms with Gasteiger partial charge in [-0.3, -0.25) is 4.57 Å². The van der Waals surface area contributed by atoms with E-state index in [9.17, 15) is 9.90 Å². The molecule has 0 aliphatic heterocycles. The van der Waals surface area contributed by atoms with Gasteiger partial charge in [-0.2, -0.15) is 0 Å². The van der Waals surface area contributed by atoms with Crippen molar-refractivity contribution in [3.63, 3.8) is 0 Å². The van der Waals surface area contributed by atoms with Crippen molar-refractivity contribution in [3.05, 3.63) is 10.5 Å². The van der Waals surface area contributed by atoms with Crippen LogP contribution in [0.4, 0.5) is 0 Å². The maximum atomic E-state index is 11.5. The molecule has 0 aliphatic rings. The first-order valence-corrected chi connectivity index (χ1v) is 7.09. The highest BCUT2D eigenvalue weighted by Crippen LogP contribution is 2.17. The molecule has 19 heavy (non-hydrogen) atoms. The normalized spacial score (nSPS) is 13.1. The third kappa shape index (κ3) is 5.35. The number of nitrogens with one attached hydrogen (secondary N) is 1. The molecule has 110 valence electrons. The first-order chi connectivity index (χ1) is 9.06. The molecule has 0 saturated heterocycles. The molecular formula is C11H21N3O4S. The fourth-order valence-corrected chi connectivity index (χ4v) is 2.41. The third-order valence-corrected chi connectivity index (χ3v) is 3.43. The Morgan fingerprint density at radius 3 is 2.84 bits per heavy atom. The maximum absolute atomic E-state index is 11.5. The second-order valence-electron chi connectivity index (χ2n) is 4.31. The molecule has 0 bridgehead atoms. The number of aliphatic hydroxyl groups is 1. The molecular weight excluding hydrogens is 270 g/mol. The highest BCUT2D eigenvalue weighted by Gasteiger charge is 2.14. The van der Waals surface area contributed by atoms with Crippen LogP contribution in [0.25, 0.3) is 0 Å². The molecule has 1 aromatic heterocycles. The number of hydrogen-bond acceptors (Lipinski definition) is 6. The zero-order chi connectivity index (χ0) is 14.3. The van der Waals surface area contributed by atoms with Gasteiger partial charge in [-0.1, -0.05) is 11.8 Å². The summed E-state index contributed by atoms with van der Waals surface area (Å²) in [4.78, 5) is 11.5. The van der Waals surface area contributed by atoms with Crippen molar-refractivity contribution in [2.75, 3.05) is 32.7 Å². The number of rotatable bonds is 9. The van der Waals surface area contributed by atoms with E-state index in [-0.39, 0.29) is 18.3 Å². The van der Waals surface area contributed by atoms with Gasteiger partial charge in [0.2, 0.25) is 0 Å². The van der Waals surface area contributed by atoms with Gasteiger partial charge in [-0.25, -0.2) is 9.89 Å². The molecule has 1 unspecified atom stereocenters. The van der Waals surface area contributed by atoms with Crippen LogP contribution in [0.2, 0.25) is 0 Å². The molecule has 0 aliphatic carbocycles. The number of hydrogen-bond donors (Lipinski definition) is 2. The Morgan fingerprint density at radius 1 is 1.47 bits per heavy atom. The van der Waals surface area contributed by atoms with E-state index in [2.05, 4.69) is 10.2 Å². The summed E-state index contributed by atoms with van der Waals surface area (Å²) in [7, 11) is 1.60. The van der Waals surface area contributed by atoms with Crippen LogP contribution in [0.1, 0.15) is 19.9 Å². The SMILES string of the molecule is COCCOCC(O)CSc1n[nH]c(=O)n1C(C)C. The van der Waals surface area contributed by atoms with Crippen molar-refractivity contribution < 1.29 is 14.6 Å². The smallest absolute Gasteiger partial charge is 0.344 e. The summed E-state index contributed by atoms with van der Waals surface area (Å²) in [5, 5.41) is 16.7. The van der Waals surface area contributed by atoms with Gasteiger partial charge >= 0.3 is 5.69 Å². The highest BCUT2D eigenvalue weighted by atomic mass is 32.2. The Kier molecular flexibility index (Phi) is 7.14. The number of aliphatic hydroxyl groups excluding tert-OH is 1. The lowest BCUT2D eigenvalue weighted by molar-refractivity contribution is 0.0218. The lowest BCUT2D eigenvalue weighted by Gasteiger charge is -2.12. The largest absolute Gasteiger partial charge is 0.390 e. The molecule has 0 amide bonds. The van der Waals surface area contributed by atoms with Gasteiger partial charge in [0.15, 0.2) is 5.16 Å². The minimum atomic E-state index is -0.603. The van der Waals surface area contributed by atoms with Crippen LogP contribution in [-0.2, 0) is 9.47 Å². The molecule has 1 aromatic rings. The monoisotopic (exact) mass is 291 g/mol. The van der Waals surface area contributed by atoms with Crippen LogP contribution in [0, 0.1) is 0 Å². The summed E-state index contributed by atoms with van der Waals surface area (Å²) >= 11 is 1.33. The van der Waals surface area contributed by atoms with Gasteiger partial charge in [0.1, 0.15) is 0 Å². The molecule has 0 spiro atoms. The van der Waals surface area contributed by atoms with Gasteiger partial charge in [-0.15, -0.1) is 5.10 Å². The highest BCUT2D eigenvalue weighted by molar-refractivity contribution is 7.99. The van der Waals surface area contributed by atoms with Crippen LogP contribution < -0.4 is 5.69 Å². The Labute approximate surface area is 116 Å². The van der Waals surface area contributed by atoms with Crippen molar-refractivity contribution in [2.45, 2.75) is 31.1 Å². The molecule has 0 aromatic carbocycles. The van der Waals surface area contributed by atoms with E-state index in [1.54, 1.807) is 11.7 Å². The molecule has 0 fully saturated rings. The van der Waals surface area contributed by atoms with Gasteiger partial charge in [-0.05, 0) is 13.8 Å². The molecule has 1 rings (SSSR count). The molecule has 1 atom stereocenters. The van der Waals surface area contributed by atoms with Gasteiger partial charge < -0.3 is 14.6 Å². The topological polar surface area (TPSA) is 89.4 Å². The minimum Gasteiger partial charge on any atom is -0.390 e. The fraction of sp³-hybridized carbons (Fsp3) is 0.818. The molecule has 0 saturated carbocycles. The summed E-state index contributed by atoms with van der Waals surface area (Å²) in [6, 6.07) is 0.0313. The van der Waals surface area contributed by atoms with Gasteiger partial charge in [0.05, 0.1) is 25.9 Å². The van der Waals surface area contributed by atoms with Crippen molar-refractivity contribution in [1.82, 2.24) is 14.8 Å². The van der Waals surface area contributed by atoms with Crippen molar-refractivity contribution in [2.24, 2.45) is 0 Å². The van der Waals surface area contributed by atoms with Crippen molar-refractivity contribution in [1.29, 1.82) is 0 Å². The van der Waals surface area contributed by atoms with E-state index in [0.717, 1.165) is 0 Å². The molecule has 7 nitrogen and oxygen atoms in total. The third-order valence-electron chi connectivity index (χ3n) is 2.34. The summed E-state index contributed by atoms with van der Waals surface area (Å²) in [5.74, 6) is 0.421.